The van der Waals surface area contributed by atoms with Crippen molar-refractivity contribution in [3.63, 3.8) is 0 Å². The van der Waals surface area contributed by atoms with E-state index in [9.17, 15) is 9.59 Å². The zero-order valence-electron chi connectivity index (χ0n) is 10.9. The number of anilines is 1. The topological polar surface area (TPSA) is 116 Å². The molecule has 0 atom stereocenters. The fourth-order valence-corrected chi connectivity index (χ4v) is 2.15. The number of pyridine rings is 1. The molecule has 9 heteroatoms. The van der Waals surface area contributed by atoms with Gasteiger partial charge in [-0.3, -0.25) is 19.4 Å². The number of hydrogen-bond acceptors (Lipinski definition) is 7. The van der Waals surface area contributed by atoms with Gasteiger partial charge in [-0.2, -0.15) is 4.98 Å². The summed E-state index contributed by atoms with van der Waals surface area (Å²) in [4.78, 5) is 30.3. The van der Waals surface area contributed by atoms with Crippen LogP contribution in [0.4, 0.5) is 5.69 Å². The van der Waals surface area contributed by atoms with Gasteiger partial charge in [-0.25, -0.2) is 4.98 Å². The Morgan fingerprint density at radius 1 is 1.40 bits per heavy atom. The van der Waals surface area contributed by atoms with Crippen molar-refractivity contribution < 1.29 is 4.74 Å². The molecule has 2 heterocycles. The number of nitrogen functional groups attached to an aromatic ring is 1. The van der Waals surface area contributed by atoms with Crippen LogP contribution < -0.4 is 21.6 Å². The molecule has 0 spiro atoms. The Bertz CT molecular complexity index is 740. The Kier molecular flexibility index (Phi) is 4.08. The van der Waals surface area contributed by atoms with Crippen molar-refractivity contribution >= 4 is 17.4 Å². The second kappa shape index (κ2) is 5.78. The average molecular weight is 295 g/mol. The van der Waals surface area contributed by atoms with Crippen LogP contribution in [0.5, 0.6) is 5.88 Å². The van der Waals surface area contributed by atoms with Crippen LogP contribution >= 0.6 is 11.8 Å². The molecule has 0 aliphatic heterocycles. The normalized spacial score (nSPS) is 10.5. The largest absolute Gasteiger partial charge is 0.476 e. The zero-order valence-corrected chi connectivity index (χ0v) is 11.7. The monoisotopic (exact) mass is 295 g/mol. The molecule has 0 amide bonds. The maximum atomic E-state index is 11.3. The number of ether oxygens (including phenoxy) is 1. The van der Waals surface area contributed by atoms with Crippen LogP contribution in [0.3, 0.4) is 0 Å². The van der Waals surface area contributed by atoms with Gasteiger partial charge in [0, 0.05) is 7.05 Å². The first-order chi connectivity index (χ1) is 9.51. The summed E-state index contributed by atoms with van der Waals surface area (Å²) in [6, 6.07) is 3.34. The summed E-state index contributed by atoms with van der Waals surface area (Å²) in [5.41, 5.74) is 4.55. The summed E-state index contributed by atoms with van der Waals surface area (Å²) in [6.07, 6.45) is 0. The van der Waals surface area contributed by atoms with E-state index < -0.39 is 11.1 Å². The Hall–Kier alpha value is -2.29. The van der Waals surface area contributed by atoms with Crippen molar-refractivity contribution in [2.45, 2.75) is 17.1 Å². The number of nitrogens with one attached hydrogen (secondary N) is 1. The number of aromatic nitrogens is 4. The Labute approximate surface area is 118 Å². The highest BCUT2D eigenvalue weighted by Crippen LogP contribution is 2.27. The number of nitrogens with zero attached hydrogens (tertiary/aromatic N) is 3. The van der Waals surface area contributed by atoms with Crippen molar-refractivity contribution in [3.05, 3.63) is 32.8 Å². The standard InChI is InChI=1S/C11H13N5O3S/c1-3-19-10-6(12)4-5-7(13-10)20-11-14-8(17)9(18)15-16(11)2/h4-5H,3,12H2,1-2H3,(H,15,18). The summed E-state index contributed by atoms with van der Waals surface area (Å²) in [5, 5.41) is 3.23. The molecule has 3 N–H and O–H groups in total. The summed E-state index contributed by atoms with van der Waals surface area (Å²) >= 11 is 1.12. The van der Waals surface area contributed by atoms with Crippen LogP contribution in [0.25, 0.3) is 0 Å². The van der Waals surface area contributed by atoms with Gasteiger partial charge in [0.2, 0.25) is 5.88 Å². The van der Waals surface area contributed by atoms with Crippen molar-refractivity contribution in [1.29, 1.82) is 0 Å². The molecular weight excluding hydrogens is 282 g/mol. The van der Waals surface area contributed by atoms with Gasteiger partial charge >= 0.3 is 11.1 Å². The van der Waals surface area contributed by atoms with Crippen molar-refractivity contribution in [3.8, 4) is 5.88 Å². The van der Waals surface area contributed by atoms with Crippen molar-refractivity contribution in [2.75, 3.05) is 12.3 Å². The minimum Gasteiger partial charge on any atom is -0.476 e. The highest BCUT2D eigenvalue weighted by molar-refractivity contribution is 7.99. The summed E-state index contributed by atoms with van der Waals surface area (Å²) < 4.78 is 6.65. The molecule has 2 aromatic rings. The number of H-pyrrole nitrogens is 1. The third kappa shape index (κ3) is 2.99. The van der Waals surface area contributed by atoms with E-state index in [2.05, 4.69) is 15.1 Å². The molecule has 2 aromatic heterocycles. The number of nitrogens with two attached hydrogens (primary N) is 1. The van der Waals surface area contributed by atoms with Crippen molar-refractivity contribution in [2.24, 2.45) is 7.05 Å². The van der Waals surface area contributed by atoms with E-state index >= 15 is 0 Å². The predicted octanol–water partition coefficient (Wildman–Crippen LogP) is -0.00430. The minimum absolute atomic E-state index is 0.314. The molecule has 0 fully saturated rings. The maximum Gasteiger partial charge on any atom is 0.339 e. The van der Waals surface area contributed by atoms with Crippen LogP contribution in [0.15, 0.2) is 31.9 Å². The van der Waals surface area contributed by atoms with Gasteiger partial charge in [0.05, 0.1) is 12.3 Å². The lowest BCUT2D eigenvalue weighted by atomic mass is 10.4. The smallest absolute Gasteiger partial charge is 0.339 e. The molecule has 0 saturated heterocycles. The quantitative estimate of drug-likeness (QED) is 0.762. The minimum atomic E-state index is -0.842. The van der Waals surface area contributed by atoms with Crippen LogP contribution in [0, 0.1) is 0 Å². The molecule has 106 valence electrons. The van der Waals surface area contributed by atoms with E-state index in [0.29, 0.717) is 28.4 Å². The van der Waals surface area contributed by atoms with Gasteiger partial charge in [0.1, 0.15) is 5.03 Å². The molecule has 0 aromatic carbocycles. The van der Waals surface area contributed by atoms with Crippen LogP contribution in [0.1, 0.15) is 6.92 Å². The molecule has 0 radical (unpaired) electrons. The third-order valence-corrected chi connectivity index (χ3v) is 3.27. The molecule has 0 bridgehead atoms. The second-order valence-corrected chi connectivity index (χ2v) is 4.77. The third-order valence-electron chi connectivity index (χ3n) is 2.29. The van der Waals surface area contributed by atoms with E-state index in [4.69, 9.17) is 10.5 Å². The molecule has 2 rings (SSSR count). The molecule has 8 nitrogen and oxygen atoms in total. The summed E-state index contributed by atoms with van der Waals surface area (Å²) in [7, 11) is 1.58. The van der Waals surface area contributed by atoms with Crippen LogP contribution in [0.2, 0.25) is 0 Å². The average Bonchev–Trinajstić information content (AvgIpc) is 2.40. The van der Waals surface area contributed by atoms with Gasteiger partial charge in [-0.05, 0) is 30.8 Å². The van der Waals surface area contributed by atoms with E-state index in [1.54, 1.807) is 19.2 Å². The van der Waals surface area contributed by atoms with Gasteiger partial charge in [-0.1, -0.05) is 0 Å². The zero-order chi connectivity index (χ0) is 14.7. The van der Waals surface area contributed by atoms with E-state index in [1.807, 2.05) is 6.92 Å². The summed E-state index contributed by atoms with van der Waals surface area (Å²) in [5.74, 6) is 0.326. The van der Waals surface area contributed by atoms with Crippen LogP contribution in [-0.2, 0) is 7.05 Å². The molecular formula is C11H13N5O3S. The second-order valence-electron chi connectivity index (χ2n) is 3.78. The fraction of sp³-hybridized carbons (Fsp3) is 0.273. The Morgan fingerprint density at radius 2 is 2.15 bits per heavy atom. The van der Waals surface area contributed by atoms with Gasteiger partial charge < -0.3 is 10.5 Å². The highest BCUT2D eigenvalue weighted by atomic mass is 32.2. The lowest BCUT2D eigenvalue weighted by molar-refractivity contribution is 0.326. The lowest BCUT2D eigenvalue weighted by Gasteiger charge is -2.08. The van der Waals surface area contributed by atoms with Crippen LogP contribution in [-0.4, -0.2) is 26.4 Å². The van der Waals surface area contributed by atoms with E-state index in [1.165, 1.54) is 4.68 Å². The SMILES string of the molecule is CCOc1nc(Sc2nc(=O)c(=O)[nH]n2C)ccc1N. The first kappa shape index (κ1) is 14.1. The molecule has 0 aliphatic carbocycles. The number of hydrogen-bond donors (Lipinski definition) is 2. The predicted molar refractivity (Wildman–Crippen MR) is 74.0 cm³/mol. The maximum absolute atomic E-state index is 11.3. The molecule has 0 aliphatic rings. The Balaban J connectivity index is 2.35. The number of rotatable bonds is 4. The van der Waals surface area contributed by atoms with Crippen molar-refractivity contribution in [1.82, 2.24) is 19.7 Å². The van der Waals surface area contributed by atoms with Gasteiger partial charge in [-0.15, -0.1) is 0 Å². The molecule has 20 heavy (non-hydrogen) atoms. The molecule has 0 unspecified atom stereocenters. The number of aromatic amines is 1. The highest BCUT2D eigenvalue weighted by Gasteiger charge is 2.09. The van der Waals surface area contributed by atoms with Gasteiger partial charge in [0.15, 0.2) is 5.16 Å². The fourth-order valence-electron chi connectivity index (χ4n) is 1.39. The first-order valence-corrected chi connectivity index (χ1v) is 6.57. The summed E-state index contributed by atoms with van der Waals surface area (Å²) in [6.45, 7) is 2.27. The van der Waals surface area contributed by atoms with E-state index in [0.717, 1.165) is 11.8 Å². The van der Waals surface area contributed by atoms with E-state index in [-0.39, 0.29) is 0 Å². The lowest BCUT2D eigenvalue weighted by Crippen LogP contribution is -2.33. The van der Waals surface area contributed by atoms with Gasteiger partial charge in [0.25, 0.3) is 0 Å². The molecule has 0 saturated carbocycles. The first-order valence-electron chi connectivity index (χ1n) is 5.75. The Morgan fingerprint density at radius 3 is 2.85 bits per heavy atom. The number of aryl methyl sites for hydroxylation is 1.